The fourth-order valence-corrected chi connectivity index (χ4v) is 3.43. The Bertz CT molecular complexity index is 987. The summed E-state index contributed by atoms with van der Waals surface area (Å²) in [5, 5.41) is 22.3. The molecule has 1 amide bonds. The molecule has 0 atom stereocenters. The Balaban J connectivity index is 1.66. The number of non-ortho nitro benzene ring substituents is 1. The Kier molecular flexibility index (Phi) is 5.91. The van der Waals surface area contributed by atoms with Crippen LogP contribution >= 0.6 is 27.7 Å². The van der Waals surface area contributed by atoms with Gasteiger partial charge in [0.05, 0.1) is 10.7 Å². The number of carbonyl (C=O) groups excluding carboxylic acids is 1. The second-order valence-electron chi connectivity index (χ2n) is 5.30. The topological polar surface area (TPSA) is 116 Å². The van der Waals surface area contributed by atoms with Crippen molar-refractivity contribution < 1.29 is 14.1 Å². The molecule has 3 rings (SSSR count). The zero-order valence-corrected chi connectivity index (χ0v) is 16.5. The molecule has 1 N–H and O–H groups in total. The van der Waals surface area contributed by atoms with E-state index in [1.54, 1.807) is 18.2 Å². The van der Waals surface area contributed by atoms with E-state index in [4.69, 9.17) is 4.42 Å². The molecule has 2 heterocycles. The van der Waals surface area contributed by atoms with Crippen LogP contribution in [0.5, 0.6) is 0 Å². The van der Waals surface area contributed by atoms with Gasteiger partial charge in [0.15, 0.2) is 15.6 Å². The predicted molar refractivity (Wildman–Crippen MR) is 104 cm³/mol. The van der Waals surface area contributed by atoms with E-state index in [0.717, 1.165) is 0 Å². The number of nitro groups is 1. The maximum absolute atomic E-state index is 12.2. The van der Waals surface area contributed by atoms with Crippen molar-refractivity contribution in [2.75, 3.05) is 11.1 Å². The number of anilines is 1. The highest BCUT2D eigenvalue weighted by Crippen LogP contribution is 2.27. The SMILES string of the molecule is CCn1c(SCC(=O)Nc2cccc([N+](=O)[O-])c2)nnc1-c1ccc(Br)o1. The quantitative estimate of drug-likeness (QED) is 0.328. The lowest BCUT2D eigenvalue weighted by molar-refractivity contribution is -0.384. The fourth-order valence-electron chi connectivity index (χ4n) is 2.32. The van der Waals surface area contributed by atoms with Gasteiger partial charge in [-0.25, -0.2) is 0 Å². The van der Waals surface area contributed by atoms with E-state index in [1.165, 1.54) is 30.0 Å². The van der Waals surface area contributed by atoms with E-state index >= 15 is 0 Å². The molecule has 3 aromatic rings. The first-order chi connectivity index (χ1) is 13.0. The van der Waals surface area contributed by atoms with Gasteiger partial charge >= 0.3 is 0 Å². The van der Waals surface area contributed by atoms with Crippen molar-refractivity contribution in [3.63, 3.8) is 0 Å². The maximum atomic E-state index is 12.2. The average Bonchev–Trinajstić information content (AvgIpc) is 3.25. The van der Waals surface area contributed by atoms with E-state index in [0.29, 0.717) is 33.6 Å². The highest BCUT2D eigenvalue weighted by Gasteiger charge is 2.17. The number of nitrogens with one attached hydrogen (secondary N) is 1. The number of furan rings is 1. The molecule has 0 aliphatic heterocycles. The summed E-state index contributed by atoms with van der Waals surface area (Å²) in [5.41, 5.74) is 0.285. The van der Waals surface area contributed by atoms with Crippen molar-refractivity contribution >= 4 is 45.0 Å². The van der Waals surface area contributed by atoms with Crippen molar-refractivity contribution in [1.29, 1.82) is 0 Å². The van der Waals surface area contributed by atoms with Gasteiger partial charge in [-0.15, -0.1) is 10.2 Å². The Hall–Kier alpha value is -2.66. The lowest BCUT2D eigenvalue weighted by Gasteiger charge is -2.07. The van der Waals surface area contributed by atoms with Crippen molar-refractivity contribution in [2.24, 2.45) is 0 Å². The third kappa shape index (κ3) is 4.55. The molecular formula is C16H14BrN5O4S. The zero-order chi connectivity index (χ0) is 19.4. The lowest BCUT2D eigenvalue weighted by Crippen LogP contribution is -2.14. The molecule has 9 nitrogen and oxygen atoms in total. The number of amides is 1. The first-order valence-corrected chi connectivity index (χ1v) is 9.61. The summed E-state index contributed by atoms with van der Waals surface area (Å²) < 4.78 is 7.95. The molecule has 11 heteroatoms. The van der Waals surface area contributed by atoms with Crippen LogP contribution in [0.1, 0.15) is 6.92 Å². The van der Waals surface area contributed by atoms with E-state index in [-0.39, 0.29) is 17.3 Å². The number of nitro benzene ring substituents is 1. The summed E-state index contributed by atoms with van der Waals surface area (Å²) in [6.45, 7) is 2.55. The summed E-state index contributed by atoms with van der Waals surface area (Å²) in [4.78, 5) is 22.5. The van der Waals surface area contributed by atoms with Crippen LogP contribution in [0.2, 0.25) is 0 Å². The highest BCUT2D eigenvalue weighted by atomic mass is 79.9. The smallest absolute Gasteiger partial charge is 0.271 e. The first kappa shape index (κ1) is 19.1. The molecule has 0 unspecified atom stereocenters. The Morgan fingerprint density at radius 3 is 2.85 bits per heavy atom. The van der Waals surface area contributed by atoms with Crippen LogP contribution in [0.4, 0.5) is 11.4 Å². The van der Waals surface area contributed by atoms with E-state index in [2.05, 4.69) is 31.4 Å². The number of halogens is 1. The summed E-state index contributed by atoms with van der Waals surface area (Å²) in [6.07, 6.45) is 0. The number of thioether (sulfide) groups is 1. The molecule has 27 heavy (non-hydrogen) atoms. The van der Waals surface area contributed by atoms with Gasteiger partial charge in [-0.2, -0.15) is 0 Å². The van der Waals surface area contributed by atoms with Crippen LogP contribution < -0.4 is 5.32 Å². The largest absolute Gasteiger partial charge is 0.446 e. The number of hydrogen-bond donors (Lipinski definition) is 1. The third-order valence-electron chi connectivity index (χ3n) is 3.50. The number of aromatic nitrogens is 3. The normalized spacial score (nSPS) is 10.7. The number of hydrogen-bond acceptors (Lipinski definition) is 7. The monoisotopic (exact) mass is 451 g/mol. The van der Waals surface area contributed by atoms with Gasteiger partial charge in [-0.3, -0.25) is 19.5 Å². The molecule has 2 aromatic heterocycles. The minimum atomic E-state index is -0.511. The second-order valence-corrected chi connectivity index (χ2v) is 7.02. The van der Waals surface area contributed by atoms with Gasteiger partial charge in [0.1, 0.15) is 0 Å². The third-order valence-corrected chi connectivity index (χ3v) is 4.89. The molecule has 0 fully saturated rings. The lowest BCUT2D eigenvalue weighted by atomic mass is 10.3. The maximum Gasteiger partial charge on any atom is 0.271 e. The zero-order valence-electron chi connectivity index (χ0n) is 14.1. The summed E-state index contributed by atoms with van der Waals surface area (Å²) in [6, 6.07) is 9.33. The molecule has 0 aliphatic rings. The van der Waals surface area contributed by atoms with Crippen molar-refractivity contribution in [2.45, 2.75) is 18.6 Å². The molecule has 1 aromatic carbocycles. The van der Waals surface area contributed by atoms with Crippen LogP contribution in [0.3, 0.4) is 0 Å². The number of carbonyl (C=O) groups is 1. The highest BCUT2D eigenvalue weighted by molar-refractivity contribution is 9.10. The molecule has 0 radical (unpaired) electrons. The Morgan fingerprint density at radius 1 is 1.37 bits per heavy atom. The molecule has 0 aliphatic carbocycles. The van der Waals surface area contributed by atoms with Gasteiger partial charge in [-0.1, -0.05) is 17.8 Å². The molecular weight excluding hydrogens is 438 g/mol. The second kappa shape index (κ2) is 8.35. The fraction of sp³-hybridized carbons (Fsp3) is 0.188. The average molecular weight is 452 g/mol. The molecule has 140 valence electrons. The van der Waals surface area contributed by atoms with Crippen molar-refractivity contribution in [3.05, 3.63) is 51.2 Å². The first-order valence-electron chi connectivity index (χ1n) is 7.84. The van der Waals surface area contributed by atoms with Crippen LogP contribution in [0, 0.1) is 10.1 Å². The van der Waals surface area contributed by atoms with Crippen molar-refractivity contribution in [1.82, 2.24) is 14.8 Å². The van der Waals surface area contributed by atoms with Gasteiger partial charge in [-0.05, 0) is 41.1 Å². The van der Waals surface area contributed by atoms with E-state index in [1.807, 2.05) is 11.5 Å². The van der Waals surface area contributed by atoms with Crippen LogP contribution in [-0.2, 0) is 11.3 Å². The van der Waals surface area contributed by atoms with Gasteiger partial charge in [0, 0.05) is 24.4 Å². The van der Waals surface area contributed by atoms with Crippen LogP contribution in [-0.4, -0.2) is 31.3 Å². The van der Waals surface area contributed by atoms with Gasteiger partial charge in [0.2, 0.25) is 11.7 Å². The Morgan fingerprint density at radius 2 is 2.19 bits per heavy atom. The van der Waals surface area contributed by atoms with Gasteiger partial charge < -0.3 is 9.73 Å². The van der Waals surface area contributed by atoms with Gasteiger partial charge in [0.25, 0.3) is 5.69 Å². The van der Waals surface area contributed by atoms with Crippen LogP contribution in [0.15, 0.2) is 50.6 Å². The summed E-state index contributed by atoms with van der Waals surface area (Å²) in [5.74, 6) is 0.935. The van der Waals surface area contributed by atoms with Crippen molar-refractivity contribution in [3.8, 4) is 11.6 Å². The number of rotatable bonds is 7. The summed E-state index contributed by atoms with van der Waals surface area (Å²) >= 11 is 4.48. The predicted octanol–water partition coefficient (Wildman–Crippen LogP) is 3.96. The Labute approximate surface area is 166 Å². The van der Waals surface area contributed by atoms with E-state index in [9.17, 15) is 14.9 Å². The van der Waals surface area contributed by atoms with E-state index < -0.39 is 4.92 Å². The number of nitrogens with zero attached hydrogens (tertiary/aromatic N) is 4. The molecule has 0 saturated carbocycles. The summed E-state index contributed by atoms with van der Waals surface area (Å²) in [7, 11) is 0. The minimum absolute atomic E-state index is 0.0829. The molecule has 0 saturated heterocycles. The number of benzene rings is 1. The molecule has 0 bridgehead atoms. The standard InChI is InChI=1S/C16H14BrN5O4S/c1-2-21-15(12-6-7-13(17)26-12)19-20-16(21)27-9-14(23)18-10-4-3-5-11(8-10)22(24)25/h3-8H,2,9H2,1H3,(H,18,23). The molecule has 0 spiro atoms. The minimum Gasteiger partial charge on any atom is -0.446 e. The van der Waals surface area contributed by atoms with Crippen LogP contribution in [0.25, 0.3) is 11.6 Å².